The standard InChI is InChI=1S/C17H27N3O2/c1-5-12(2)19-8-6-7-17(10-19)11-20(16(17)21)9-15-13(3)18-22-14(15)4/h12H,5-11H2,1-4H3. The molecule has 1 aromatic rings. The number of nitrogens with zero attached hydrogens (tertiary/aromatic N) is 3. The fourth-order valence-corrected chi connectivity index (χ4v) is 3.90. The van der Waals surface area contributed by atoms with Gasteiger partial charge in [0.05, 0.1) is 17.7 Å². The Labute approximate surface area is 132 Å². The fourth-order valence-electron chi connectivity index (χ4n) is 3.90. The monoisotopic (exact) mass is 305 g/mol. The lowest BCUT2D eigenvalue weighted by molar-refractivity contribution is -0.168. The van der Waals surface area contributed by atoms with Crippen molar-refractivity contribution in [3.63, 3.8) is 0 Å². The molecule has 0 bridgehead atoms. The zero-order valence-electron chi connectivity index (χ0n) is 14.2. The number of piperidine rings is 1. The third kappa shape index (κ3) is 2.45. The van der Waals surface area contributed by atoms with Crippen LogP contribution in [0.2, 0.25) is 0 Å². The quantitative estimate of drug-likeness (QED) is 0.802. The van der Waals surface area contributed by atoms with Crippen molar-refractivity contribution in [2.24, 2.45) is 5.41 Å². The van der Waals surface area contributed by atoms with Crippen LogP contribution in [-0.4, -0.2) is 46.5 Å². The summed E-state index contributed by atoms with van der Waals surface area (Å²) in [6, 6.07) is 0.571. The molecule has 0 N–H and O–H groups in total. The summed E-state index contributed by atoms with van der Waals surface area (Å²) < 4.78 is 5.20. The number of carbonyl (C=O) groups is 1. The zero-order chi connectivity index (χ0) is 15.9. The molecule has 2 aliphatic heterocycles. The summed E-state index contributed by atoms with van der Waals surface area (Å²) >= 11 is 0. The van der Waals surface area contributed by atoms with Crippen LogP contribution in [-0.2, 0) is 11.3 Å². The summed E-state index contributed by atoms with van der Waals surface area (Å²) in [5.74, 6) is 1.15. The molecule has 1 spiro atoms. The normalized spacial score (nSPS) is 27.3. The van der Waals surface area contributed by atoms with Crippen LogP contribution >= 0.6 is 0 Å². The number of likely N-dealkylation sites (tertiary alicyclic amines) is 2. The Morgan fingerprint density at radius 3 is 2.73 bits per heavy atom. The molecule has 2 atom stereocenters. The molecule has 122 valence electrons. The molecular weight excluding hydrogens is 278 g/mol. The van der Waals surface area contributed by atoms with Gasteiger partial charge in [-0.2, -0.15) is 0 Å². The third-order valence-corrected chi connectivity index (χ3v) is 5.59. The first kappa shape index (κ1) is 15.5. The minimum absolute atomic E-state index is 0.124. The summed E-state index contributed by atoms with van der Waals surface area (Å²) in [6.07, 6.45) is 3.32. The lowest BCUT2D eigenvalue weighted by Crippen LogP contribution is -2.67. The van der Waals surface area contributed by atoms with E-state index in [1.165, 1.54) is 0 Å². The van der Waals surface area contributed by atoms with E-state index in [1.807, 2.05) is 18.7 Å². The summed E-state index contributed by atoms with van der Waals surface area (Å²) in [5, 5.41) is 3.98. The van der Waals surface area contributed by atoms with Crippen molar-refractivity contribution in [3.8, 4) is 0 Å². The van der Waals surface area contributed by atoms with E-state index >= 15 is 0 Å². The molecule has 0 radical (unpaired) electrons. The van der Waals surface area contributed by atoms with E-state index in [1.54, 1.807) is 0 Å². The number of hydrogen-bond acceptors (Lipinski definition) is 4. The maximum Gasteiger partial charge on any atom is 0.232 e. The molecule has 0 saturated carbocycles. The number of hydrogen-bond donors (Lipinski definition) is 0. The van der Waals surface area contributed by atoms with Crippen LogP contribution < -0.4 is 0 Å². The molecular formula is C17H27N3O2. The summed E-state index contributed by atoms with van der Waals surface area (Å²) in [4.78, 5) is 17.3. The molecule has 2 fully saturated rings. The molecule has 1 aromatic heterocycles. The van der Waals surface area contributed by atoms with E-state index in [4.69, 9.17) is 4.52 Å². The van der Waals surface area contributed by atoms with Crippen molar-refractivity contribution in [1.82, 2.24) is 15.0 Å². The van der Waals surface area contributed by atoms with E-state index in [2.05, 4.69) is 23.9 Å². The number of amides is 1. The van der Waals surface area contributed by atoms with Gasteiger partial charge in [0.1, 0.15) is 5.76 Å². The predicted molar refractivity (Wildman–Crippen MR) is 84.4 cm³/mol. The van der Waals surface area contributed by atoms with Crippen LogP contribution in [0, 0.1) is 19.3 Å². The van der Waals surface area contributed by atoms with Gasteiger partial charge in [-0.1, -0.05) is 12.1 Å². The summed E-state index contributed by atoms with van der Waals surface area (Å²) in [5.41, 5.74) is 1.84. The smallest absolute Gasteiger partial charge is 0.232 e. The predicted octanol–water partition coefficient (Wildman–Crippen LogP) is 2.51. The molecule has 2 unspecified atom stereocenters. The Morgan fingerprint density at radius 1 is 1.36 bits per heavy atom. The maximum absolute atomic E-state index is 12.8. The molecule has 0 aliphatic carbocycles. The summed E-state index contributed by atoms with van der Waals surface area (Å²) in [6.45, 7) is 11.9. The van der Waals surface area contributed by atoms with Crippen molar-refractivity contribution in [3.05, 3.63) is 17.0 Å². The second kappa shape index (κ2) is 5.69. The van der Waals surface area contributed by atoms with Crippen LogP contribution in [0.5, 0.6) is 0 Å². The molecule has 3 heterocycles. The first-order valence-corrected chi connectivity index (χ1v) is 8.42. The van der Waals surface area contributed by atoms with Crippen LogP contribution in [0.1, 0.15) is 50.1 Å². The average molecular weight is 305 g/mol. The highest BCUT2D eigenvalue weighted by molar-refractivity contribution is 5.89. The fraction of sp³-hybridized carbons (Fsp3) is 0.765. The highest BCUT2D eigenvalue weighted by Crippen LogP contribution is 2.42. The van der Waals surface area contributed by atoms with Gasteiger partial charge in [-0.05, 0) is 46.6 Å². The van der Waals surface area contributed by atoms with Crippen molar-refractivity contribution >= 4 is 5.91 Å². The van der Waals surface area contributed by atoms with Gasteiger partial charge < -0.3 is 9.42 Å². The highest BCUT2D eigenvalue weighted by Gasteiger charge is 2.54. The molecule has 5 nitrogen and oxygen atoms in total. The van der Waals surface area contributed by atoms with E-state index in [0.29, 0.717) is 18.5 Å². The largest absolute Gasteiger partial charge is 0.361 e. The molecule has 2 saturated heterocycles. The van der Waals surface area contributed by atoms with Crippen LogP contribution in [0.4, 0.5) is 0 Å². The minimum atomic E-state index is -0.124. The lowest BCUT2D eigenvalue weighted by atomic mass is 9.72. The van der Waals surface area contributed by atoms with E-state index in [9.17, 15) is 4.79 Å². The van der Waals surface area contributed by atoms with Crippen molar-refractivity contribution in [1.29, 1.82) is 0 Å². The van der Waals surface area contributed by atoms with Crippen LogP contribution in [0.25, 0.3) is 0 Å². The number of carbonyl (C=O) groups excluding carboxylic acids is 1. The Bertz CT molecular complexity index is 549. The second-order valence-corrected chi connectivity index (χ2v) is 7.08. The number of β-lactam (4-membered cyclic amide) rings is 1. The maximum atomic E-state index is 12.8. The Morgan fingerprint density at radius 2 is 2.14 bits per heavy atom. The van der Waals surface area contributed by atoms with Crippen LogP contribution in [0.3, 0.4) is 0 Å². The van der Waals surface area contributed by atoms with Crippen molar-refractivity contribution in [2.45, 2.75) is 59.5 Å². The topological polar surface area (TPSA) is 49.6 Å². The first-order valence-electron chi connectivity index (χ1n) is 8.42. The van der Waals surface area contributed by atoms with Gasteiger partial charge in [0.15, 0.2) is 0 Å². The minimum Gasteiger partial charge on any atom is -0.361 e. The average Bonchev–Trinajstić information content (AvgIpc) is 2.85. The molecule has 2 aliphatic rings. The highest BCUT2D eigenvalue weighted by atomic mass is 16.5. The van der Waals surface area contributed by atoms with E-state index in [-0.39, 0.29) is 5.41 Å². The van der Waals surface area contributed by atoms with Crippen LogP contribution in [0.15, 0.2) is 4.52 Å². The Hall–Kier alpha value is -1.36. The third-order valence-electron chi connectivity index (χ3n) is 5.59. The molecule has 22 heavy (non-hydrogen) atoms. The molecule has 0 aromatic carbocycles. The van der Waals surface area contributed by atoms with E-state index in [0.717, 1.165) is 55.9 Å². The van der Waals surface area contributed by atoms with Crippen molar-refractivity contribution < 1.29 is 9.32 Å². The van der Waals surface area contributed by atoms with Gasteiger partial charge in [0.25, 0.3) is 0 Å². The molecule has 5 heteroatoms. The summed E-state index contributed by atoms with van der Waals surface area (Å²) in [7, 11) is 0. The number of aromatic nitrogens is 1. The van der Waals surface area contributed by atoms with E-state index < -0.39 is 0 Å². The number of aryl methyl sites for hydroxylation is 2. The molecule has 3 rings (SSSR count). The zero-order valence-corrected chi connectivity index (χ0v) is 14.2. The first-order chi connectivity index (χ1) is 10.5. The van der Waals surface area contributed by atoms with Gasteiger partial charge in [-0.3, -0.25) is 9.69 Å². The number of rotatable bonds is 4. The van der Waals surface area contributed by atoms with Gasteiger partial charge in [0.2, 0.25) is 5.91 Å². The van der Waals surface area contributed by atoms with Gasteiger partial charge >= 0.3 is 0 Å². The lowest BCUT2D eigenvalue weighted by Gasteiger charge is -2.54. The second-order valence-electron chi connectivity index (χ2n) is 7.08. The molecule has 1 amide bonds. The SMILES string of the molecule is CCC(C)N1CCCC2(CN(Cc3c(C)noc3C)C2=O)C1. The van der Waals surface area contributed by atoms with Gasteiger partial charge in [-0.15, -0.1) is 0 Å². The van der Waals surface area contributed by atoms with Gasteiger partial charge in [-0.25, -0.2) is 0 Å². The van der Waals surface area contributed by atoms with Crippen molar-refractivity contribution in [2.75, 3.05) is 19.6 Å². The Balaban J connectivity index is 1.66. The Kier molecular flexibility index (Phi) is 4.02. The van der Waals surface area contributed by atoms with Gasteiger partial charge in [0, 0.05) is 24.7 Å².